The molecular formula is C13H7Cl2FNO4S-. The molecule has 2 aromatic rings. The lowest BCUT2D eigenvalue weighted by Gasteiger charge is -2.11. The van der Waals surface area contributed by atoms with Gasteiger partial charge in [0.1, 0.15) is 5.82 Å². The summed E-state index contributed by atoms with van der Waals surface area (Å²) in [6, 6.07) is 6.37. The van der Waals surface area contributed by atoms with E-state index >= 15 is 0 Å². The molecule has 0 atom stereocenters. The van der Waals surface area contributed by atoms with Gasteiger partial charge in [-0.15, -0.1) is 0 Å². The van der Waals surface area contributed by atoms with Crippen LogP contribution in [0.3, 0.4) is 0 Å². The smallest absolute Gasteiger partial charge is 0.261 e. The monoisotopic (exact) mass is 362 g/mol. The third-order valence-electron chi connectivity index (χ3n) is 2.64. The fraction of sp³-hybridized carbons (Fsp3) is 0. The molecular weight excluding hydrogens is 356 g/mol. The van der Waals surface area contributed by atoms with Gasteiger partial charge in [-0.3, -0.25) is 4.72 Å². The summed E-state index contributed by atoms with van der Waals surface area (Å²) in [5, 5.41) is 11.1. The number of halogens is 3. The van der Waals surface area contributed by atoms with Crippen molar-refractivity contribution < 1.29 is 22.7 Å². The van der Waals surface area contributed by atoms with Crippen molar-refractivity contribution in [1.29, 1.82) is 0 Å². The van der Waals surface area contributed by atoms with Crippen LogP contribution >= 0.6 is 23.2 Å². The lowest BCUT2D eigenvalue weighted by molar-refractivity contribution is -0.255. The van der Waals surface area contributed by atoms with Crippen LogP contribution in [0.5, 0.6) is 0 Å². The molecule has 116 valence electrons. The fourth-order valence-electron chi connectivity index (χ4n) is 1.60. The number of anilines is 1. The first-order valence-corrected chi connectivity index (χ1v) is 7.93. The third-order valence-corrected chi connectivity index (χ3v) is 4.76. The van der Waals surface area contributed by atoms with Crippen LogP contribution in [0.4, 0.5) is 10.1 Å². The molecule has 0 aliphatic rings. The molecule has 0 saturated carbocycles. The van der Waals surface area contributed by atoms with Gasteiger partial charge in [-0.05, 0) is 36.4 Å². The van der Waals surface area contributed by atoms with Crippen LogP contribution in [0.1, 0.15) is 10.4 Å². The SMILES string of the molecule is O=C([O-])c1cc(S(=O)(=O)Nc2ccc(Cl)c(Cl)c2)ccc1F. The lowest BCUT2D eigenvalue weighted by atomic mass is 10.2. The van der Waals surface area contributed by atoms with Crippen LogP contribution in [0.15, 0.2) is 41.3 Å². The number of sulfonamides is 1. The Morgan fingerprint density at radius 3 is 2.36 bits per heavy atom. The Hall–Kier alpha value is -1.83. The van der Waals surface area contributed by atoms with E-state index in [0.717, 1.165) is 12.1 Å². The summed E-state index contributed by atoms with van der Waals surface area (Å²) >= 11 is 11.5. The highest BCUT2D eigenvalue weighted by atomic mass is 35.5. The van der Waals surface area contributed by atoms with Crippen LogP contribution in [0.2, 0.25) is 10.0 Å². The summed E-state index contributed by atoms with van der Waals surface area (Å²) in [4.78, 5) is 10.3. The van der Waals surface area contributed by atoms with Gasteiger partial charge in [-0.2, -0.15) is 0 Å². The summed E-state index contributed by atoms with van der Waals surface area (Å²) in [6.45, 7) is 0. The molecule has 9 heteroatoms. The van der Waals surface area contributed by atoms with Crippen molar-refractivity contribution in [2.24, 2.45) is 0 Å². The van der Waals surface area contributed by atoms with Crippen LogP contribution in [-0.4, -0.2) is 14.4 Å². The number of carboxylic acid groups (broad SMARTS) is 1. The first-order valence-electron chi connectivity index (χ1n) is 5.69. The van der Waals surface area contributed by atoms with E-state index in [1.807, 2.05) is 0 Å². The Morgan fingerprint density at radius 2 is 1.77 bits per heavy atom. The highest BCUT2D eigenvalue weighted by Crippen LogP contribution is 2.26. The molecule has 0 aromatic heterocycles. The van der Waals surface area contributed by atoms with Crippen LogP contribution in [0.25, 0.3) is 0 Å². The maximum Gasteiger partial charge on any atom is 0.261 e. The van der Waals surface area contributed by atoms with Gasteiger partial charge >= 0.3 is 0 Å². The van der Waals surface area contributed by atoms with Crippen molar-refractivity contribution in [2.45, 2.75) is 4.90 Å². The number of benzene rings is 2. The number of carboxylic acids is 1. The van der Waals surface area contributed by atoms with Gasteiger partial charge in [0.15, 0.2) is 0 Å². The molecule has 22 heavy (non-hydrogen) atoms. The molecule has 0 bridgehead atoms. The third kappa shape index (κ3) is 3.49. The van der Waals surface area contributed by atoms with Crippen molar-refractivity contribution in [3.8, 4) is 0 Å². The van der Waals surface area contributed by atoms with Crippen molar-refractivity contribution in [3.63, 3.8) is 0 Å². The van der Waals surface area contributed by atoms with E-state index in [4.69, 9.17) is 23.2 Å². The fourth-order valence-corrected chi connectivity index (χ4v) is 2.98. The molecule has 0 unspecified atom stereocenters. The molecule has 0 radical (unpaired) electrons. The first kappa shape index (κ1) is 16.5. The van der Waals surface area contributed by atoms with Gasteiger partial charge in [0.05, 0.1) is 26.6 Å². The summed E-state index contributed by atoms with van der Waals surface area (Å²) in [7, 11) is -4.13. The first-order chi connectivity index (χ1) is 10.2. The Morgan fingerprint density at radius 1 is 1.09 bits per heavy atom. The Kier molecular flexibility index (Phi) is 4.60. The Balaban J connectivity index is 2.40. The topological polar surface area (TPSA) is 86.3 Å². The number of carbonyl (C=O) groups is 1. The molecule has 0 aliphatic carbocycles. The van der Waals surface area contributed by atoms with E-state index in [-0.39, 0.29) is 15.7 Å². The molecule has 2 rings (SSSR count). The maximum absolute atomic E-state index is 13.3. The minimum absolute atomic E-state index is 0.119. The summed E-state index contributed by atoms with van der Waals surface area (Å²) in [5.41, 5.74) is -0.731. The molecule has 0 heterocycles. The van der Waals surface area contributed by atoms with Gasteiger partial charge in [-0.25, -0.2) is 12.8 Å². The zero-order valence-corrected chi connectivity index (χ0v) is 13.0. The van der Waals surface area contributed by atoms with E-state index in [9.17, 15) is 22.7 Å². The second-order valence-electron chi connectivity index (χ2n) is 4.16. The predicted molar refractivity (Wildman–Crippen MR) is 78.0 cm³/mol. The molecule has 1 N–H and O–H groups in total. The maximum atomic E-state index is 13.3. The Bertz CT molecular complexity index is 855. The predicted octanol–water partition coefficient (Wildman–Crippen LogP) is 2.30. The molecule has 5 nitrogen and oxygen atoms in total. The van der Waals surface area contributed by atoms with E-state index in [0.29, 0.717) is 6.07 Å². The number of hydrogen-bond donors (Lipinski definition) is 1. The zero-order valence-electron chi connectivity index (χ0n) is 10.6. The molecule has 0 fully saturated rings. The van der Waals surface area contributed by atoms with Crippen LogP contribution in [0, 0.1) is 5.82 Å². The number of hydrogen-bond acceptors (Lipinski definition) is 4. The largest absolute Gasteiger partial charge is 0.545 e. The number of aromatic carboxylic acids is 1. The summed E-state index contributed by atoms with van der Waals surface area (Å²) in [6.07, 6.45) is 0. The second-order valence-corrected chi connectivity index (χ2v) is 6.66. The second kappa shape index (κ2) is 6.12. The lowest BCUT2D eigenvalue weighted by Crippen LogP contribution is -2.24. The van der Waals surface area contributed by atoms with Crippen LogP contribution in [-0.2, 0) is 10.0 Å². The highest BCUT2D eigenvalue weighted by molar-refractivity contribution is 7.92. The summed E-state index contributed by atoms with van der Waals surface area (Å²) < 4.78 is 39.8. The zero-order chi connectivity index (χ0) is 16.5. The molecule has 2 aromatic carbocycles. The van der Waals surface area contributed by atoms with Gasteiger partial charge in [0.25, 0.3) is 10.0 Å². The quantitative estimate of drug-likeness (QED) is 0.903. The van der Waals surface area contributed by atoms with Crippen molar-refractivity contribution >= 4 is 44.9 Å². The normalized spacial score (nSPS) is 11.2. The molecule has 0 aliphatic heterocycles. The van der Waals surface area contributed by atoms with Crippen LogP contribution < -0.4 is 9.83 Å². The van der Waals surface area contributed by atoms with E-state index < -0.39 is 32.3 Å². The van der Waals surface area contributed by atoms with Gasteiger partial charge in [0.2, 0.25) is 0 Å². The Labute approximate surface area is 135 Å². The van der Waals surface area contributed by atoms with Gasteiger partial charge in [-0.1, -0.05) is 23.2 Å². The van der Waals surface area contributed by atoms with Crippen molar-refractivity contribution in [2.75, 3.05) is 4.72 Å². The van der Waals surface area contributed by atoms with Gasteiger partial charge in [0, 0.05) is 5.56 Å². The average Bonchev–Trinajstić information content (AvgIpc) is 2.42. The minimum atomic E-state index is -4.13. The standard InChI is InChI=1S/C13H8Cl2FNO4S/c14-10-3-1-7(5-11(10)15)17-22(20,21)8-2-4-12(16)9(6-8)13(18)19/h1-6,17H,(H,18,19)/p-1. The molecule has 0 saturated heterocycles. The summed E-state index contributed by atoms with van der Waals surface area (Å²) in [5.74, 6) is -2.91. The molecule has 0 amide bonds. The number of carbonyl (C=O) groups excluding carboxylic acids is 1. The minimum Gasteiger partial charge on any atom is -0.545 e. The van der Waals surface area contributed by atoms with Crippen molar-refractivity contribution in [3.05, 3.63) is 57.8 Å². The average molecular weight is 363 g/mol. The van der Waals surface area contributed by atoms with E-state index in [1.54, 1.807) is 0 Å². The number of rotatable bonds is 4. The number of nitrogens with one attached hydrogen (secondary N) is 1. The van der Waals surface area contributed by atoms with E-state index in [2.05, 4.69) is 4.72 Å². The molecule has 0 spiro atoms. The van der Waals surface area contributed by atoms with E-state index in [1.165, 1.54) is 18.2 Å². The van der Waals surface area contributed by atoms with Crippen molar-refractivity contribution in [1.82, 2.24) is 0 Å². The van der Waals surface area contributed by atoms with Gasteiger partial charge < -0.3 is 9.90 Å². The highest BCUT2D eigenvalue weighted by Gasteiger charge is 2.17.